The summed E-state index contributed by atoms with van der Waals surface area (Å²) in [5, 5.41) is 0. The summed E-state index contributed by atoms with van der Waals surface area (Å²) < 4.78 is 0. The van der Waals surface area contributed by atoms with Crippen LogP contribution in [0.2, 0.25) is 0 Å². The van der Waals surface area contributed by atoms with Gasteiger partial charge in [0.2, 0.25) is 0 Å². The number of aryl methyl sites for hydroxylation is 1. The smallest absolute Gasteiger partial charge is 0.0213 e. The average Bonchev–Trinajstić information content (AvgIpc) is 2.39. The van der Waals surface area contributed by atoms with Gasteiger partial charge in [0.05, 0.1) is 0 Å². The fraction of sp³-hybridized carbons (Fsp3) is 0.625. The van der Waals surface area contributed by atoms with Gasteiger partial charge in [0, 0.05) is 6.04 Å². The van der Waals surface area contributed by atoms with E-state index in [-0.39, 0.29) is 0 Å². The summed E-state index contributed by atoms with van der Waals surface area (Å²) in [6.45, 7) is 4.57. The van der Waals surface area contributed by atoms with Gasteiger partial charge in [0.15, 0.2) is 0 Å². The van der Waals surface area contributed by atoms with Crippen molar-refractivity contribution in [1.29, 1.82) is 0 Å². The van der Waals surface area contributed by atoms with Gasteiger partial charge in [-0.25, -0.2) is 0 Å². The minimum Gasteiger partial charge on any atom is -0.271 e. The molecule has 0 bridgehead atoms. The first-order valence-corrected chi connectivity index (χ1v) is 7.26. The van der Waals surface area contributed by atoms with Crippen molar-refractivity contribution in [2.75, 3.05) is 0 Å². The van der Waals surface area contributed by atoms with Crippen molar-refractivity contribution in [2.24, 2.45) is 11.8 Å². The summed E-state index contributed by atoms with van der Waals surface area (Å²) in [4.78, 5) is 0. The zero-order valence-corrected chi connectivity index (χ0v) is 11.9. The van der Waals surface area contributed by atoms with Crippen LogP contribution in [0.15, 0.2) is 30.3 Å². The van der Waals surface area contributed by atoms with E-state index >= 15 is 0 Å². The summed E-state index contributed by atoms with van der Waals surface area (Å²) >= 11 is 0. The van der Waals surface area contributed by atoms with E-state index in [0.717, 1.165) is 12.3 Å². The van der Waals surface area contributed by atoms with Crippen molar-refractivity contribution < 1.29 is 0 Å². The van der Waals surface area contributed by atoms with Crippen LogP contribution >= 0.6 is 0 Å². The minimum absolute atomic E-state index is 0.468. The second-order valence-corrected chi connectivity index (χ2v) is 5.37. The van der Waals surface area contributed by atoms with E-state index in [1.54, 1.807) is 0 Å². The maximum absolute atomic E-state index is 5.65. The van der Waals surface area contributed by atoms with Gasteiger partial charge in [-0.1, -0.05) is 57.0 Å². The van der Waals surface area contributed by atoms with E-state index in [0.29, 0.717) is 6.04 Å². The molecule has 0 aliphatic heterocycles. The summed E-state index contributed by atoms with van der Waals surface area (Å²) in [6.07, 6.45) is 7.29. The first-order valence-electron chi connectivity index (χ1n) is 7.26. The zero-order valence-electron chi connectivity index (χ0n) is 11.9. The van der Waals surface area contributed by atoms with Crippen molar-refractivity contribution in [2.45, 2.75) is 58.4 Å². The summed E-state index contributed by atoms with van der Waals surface area (Å²) in [5.41, 5.74) is 4.40. The zero-order chi connectivity index (χ0) is 13.2. The summed E-state index contributed by atoms with van der Waals surface area (Å²) in [5.74, 6) is 6.42. The molecule has 102 valence electrons. The lowest BCUT2D eigenvalue weighted by Gasteiger charge is -2.20. The summed E-state index contributed by atoms with van der Waals surface area (Å²) in [7, 11) is 0. The molecule has 0 amide bonds. The van der Waals surface area contributed by atoms with Crippen LogP contribution in [0.25, 0.3) is 0 Å². The van der Waals surface area contributed by atoms with Gasteiger partial charge in [0.1, 0.15) is 0 Å². The molecule has 0 aliphatic carbocycles. The third-order valence-corrected chi connectivity index (χ3v) is 3.56. The molecule has 2 atom stereocenters. The molecule has 0 saturated carbocycles. The van der Waals surface area contributed by atoms with Gasteiger partial charge in [0.25, 0.3) is 0 Å². The Balaban J connectivity index is 2.23. The monoisotopic (exact) mass is 248 g/mol. The van der Waals surface area contributed by atoms with Gasteiger partial charge in [-0.3, -0.25) is 11.3 Å². The molecule has 0 aromatic heterocycles. The molecule has 2 heteroatoms. The van der Waals surface area contributed by atoms with Crippen LogP contribution in [0.1, 0.15) is 51.5 Å². The highest BCUT2D eigenvalue weighted by atomic mass is 15.2. The summed E-state index contributed by atoms with van der Waals surface area (Å²) in [6, 6.07) is 11.2. The van der Waals surface area contributed by atoms with Gasteiger partial charge >= 0.3 is 0 Å². The molecule has 2 nitrogen and oxygen atoms in total. The second kappa shape index (κ2) is 9.12. The highest BCUT2D eigenvalue weighted by molar-refractivity contribution is 5.14. The van der Waals surface area contributed by atoms with Gasteiger partial charge < -0.3 is 0 Å². The Bertz CT molecular complexity index is 297. The fourth-order valence-corrected chi connectivity index (χ4v) is 2.56. The van der Waals surface area contributed by atoms with E-state index in [1.165, 1.54) is 37.7 Å². The van der Waals surface area contributed by atoms with E-state index < -0.39 is 0 Å². The van der Waals surface area contributed by atoms with Gasteiger partial charge in [-0.2, -0.15) is 0 Å². The Hall–Kier alpha value is -0.860. The van der Waals surface area contributed by atoms with Crippen molar-refractivity contribution in [3.8, 4) is 0 Å². The molecule has 0 fully saturated rings. The third-order valence-electron chi connectivity index (χ3n) is 3.56. The van der Waals surface area contributed by atoms with Crippen LogP contribution in [-0.4, -0.2) is 6.04 Å². The van der Waals surface area contributed by atoms with Crippen LogP contribution in [0.3, 0.4) is 0 Å². The van der Waals surface area contributed by atoms with Gasteiger partial charge in [-0.15, -0.1) is 0 Å². The minimum atomic E-state index is 0.468. The molecule has 0 spiro atoms. The SMILES string of the molecule is CCCC(C)CC(CCCc1ccccc1)NN. The Morgan fingerprint density at radius 3 is 2.50 bits per heavy atom. The molecule has 1 rings (SSSR count). The van der Waals surface area contributed by atoms with E-state index in [4.69, 9.17) is 5.84 Å². The third kappa shape index (κ3) is 6.18. The highest BCUT2D eigenvalue weighted by Gasteiger charge is 2.11. The number of nitrogens with one attached hydrogen (secondary N) is 1. The first kappa shape index (κ1) is 15.2. The number of benzene rings is 1. The fourth-order valence-electron chi connectivity index (χ4n) is 2.56. The maximum Gasteiger partial charge on any atom is 0.0213 e. The van der Waals surface area contributed by atoms with Crippen molar-refractivity contribution in [3.05, 3.63) is 35.9 Å². The van der Waals surface area contributed by atoms with Crippen LogP contribution in [0.5, 0.6) is 0 Å². The predicted octanol–water partition coefficient (Wildman–Crippen LogP) is 3.67. The number of rotatable bonds is 9. The number of hydrazine groups is 1. The predicted molar refractivity (Wildman–Crippen MR) is 79.2 cm³/mol. The highest BCUT2D eigenvalue weighted by Crippen LogP contribution is 2.16. The molecular formula is C16H28N2. The van der Waals surface area contributed by atoms with Crippen LogP contribution < -0.4 is 11.3 Å². The largest absolute Gasteiger partial charge is 0.271 e. The molecule has 0 aliphatic rings. The number of hydrogen-bond donors (Lipinski definition) is 2. The molecular weight excluding hydrogens is 220 g/mol. The van der Waals surface area contributed by atoms with Crippen LogP contribution in [0, 0.1) is 5.92 Å². The topological polar surface area (TPSA) is 38.0 Å². The van der Waals surface area contributed by atoms with Crippen LogP contribution in [-0.2, 0) is 6.42 Å². The molecule has 18 heavy (non-hydrogen) atoms. The average molecular weight is 248 g/mol. The van der Waals surface area contributed by atoms with Gasteiger partial charge in [-0.05, 0) is 37.2 Å². The normalized spacial score (nSPS) is 14.4. The lowest BCUT2D eigenvalue weighted by molar-refractivity contribution is 0.366. The first-order chi connectivity index (χ1) is 8.76. The number of nitrogens with two attached hydrogens (primary N) is 1. The standard InChI is InChI=1S/C16H28N2/c1-3-8-14(2)13-16(18-17)12-7-11-15-9-5-4-6-10-15/h4-6,9-10,14,16,18H,3,7-8,11-13,17H2,1-2H3. The Morgan fingerprint density at radius 1 is 1.17 bits per heavy atom. The quantitative estimate of drug-likeness (QED) is 0.517. The van der Waals surface area contributed by atoms with E-state index in [2.05, 4.69) is 49.6 Å². The molecule has 0 saturated heterocycles. The Kier molecular flexibility index (Phi) is 7.70. The van der Waals surface area contributed by atoms with E-state index in [9.17, 15) is 0 Å². The lowest BCUT2D eigenvalue weighted by Crippen LogP contribution is -2.36. The lowest BCUT2D eigenvalue weighted by atomic mass is 9.94. The Labute approximate surface area is 112 Å². The van der Waals surface area contributed by atoms with Crippen molar-refractivity contribution in [3.63, 3.8) is 0 Å². The number of hydrogen-bond acceptors (Lipinski definition) is 2. The molecule has 1 aromatic carbocycles. The Morgan fingerprint density at radius 2 is 1.89 bits per heavy atom. The molecule has 1 aromatic rings. The maximum atomic E-state index is 5.65. The molecule has 3 N–H and O–H groups in total. The molecule has 0 heterocycles. The molecule has 0 radical (unpaired) electrons. The van der Waals surface area contributed by atoms with Crippen molar-refractivity contribution >= 4 is 0 Å². The second-order valence-electron chi connectivity index (χ2n) is 5.37. The van der Waals surface area contributed by atoms with Crippen LogP contribution in [0.4, 0.5) is 0 Å². The molecule has 2 unspecified atom stereocenters. The van der Waals surface area contributed by atoms with E-state index in [1.807, 2.05) is 0 Å². The van der Waals surface area contributed by atoms with Crippen molar-refractivity contribution in [1.82, 2.24) is 5.43 Å².